The maximum Gasteiger partial charge on any atom is 0.354 e. The Labute approximate surface area is 394 Å². The molecule has 0 radical (unpaired) electrons. The van der Waals surface area contributed by atoms with Crippen molar-refractivity contribution in [2.75, 3.05) is 26.3 Å². The molecule has 67 heavy (non-hydrogen) atoms. The summed E-state index contributed by atoms with van der Waals surface area (Å²) in [6.45, 7) is 5.46. The van der Waals surface area contributed by atoms with E-state index in [4.69, 9.17) is 19.7 Å². The van der Waals surface area contributed by atoms with E-state index in [2.05, 4.69) is 21.6 Å². The van der Waals surface area contributed by atoms with Crippen LogP contribution in [-0.4, -0.2) is 94.0 Å². The van der Waals surface area contributed by atoms with Gasteiger partial charge in [0.15, 0.2) is 22.7 Å². The Hall–Kier alpha value is -6.35. The van der Waals surface area contributed by atoms with Crippen molar-refractivity contribution in [3.05, 3.63) is 95.6 Å². The van der Waals surface area contributed by atoms with Crippen molar-refractivity contribution in [1.82, 2.24) is 34.4 Å². The van der Waals surface area contributed by atoms with Crippen molar-refractivity contribution in [1.29, 1.82) is 0 Å². The van der Waals surface area contributed by atoms with Crippen molar-refractivity contribution in [2.45, 2.75) is 109 Å². The van der Waals surface area contributed by atoms with E-state index in [1.54, 1.807) is 22.4 Å². The Bertz CT molecular complexity index is 2700. The Kier molecular flexibility index (Phi) is 15.1. The third-order valence-corrected chi connectivity index (χ3v) is 13.4. The fraction of sp³-hybridized carbons (Fsp3) is 0.451. The van der Waals surface area contributed by atoms with Gasteiger partial charge in [0.2, 0.25) is 11.1 Å². The summed E-state index contributed by atoms with van der Waals surface area (Å²) in [6, 6.07) is 22.6. The van der Waals surface area contributed by atoms with Crippen molar-refractivity contribution < 1.29 is 38.9 Å². The number of aromatic nitrogens is 6. The first-order valence-electron chi connectivity index (χ1n) is 23.6. The van der Waals surface area contributed by atoms with Gasteiger partial charge >= 0.3 is 11.9 Å². The highest BCUT2D eigenvalue weighted by molar-refractivity contribution is 6.62. The Morgan fingerprint density at radius 2 is 1.00 bits per heavy atom. The fourth-order valence-corrected chi connectivity index (χ4v) is 9.28. The van der Waals surface area contributed by atoms with Gasteiger partial charge in [0, 0.05) is 50.9 Å². The zero-order valence-electron chi connectivity index (χ0n) is 38.1. The minimum Gasteiger partial charge on any atom is -0.492 e. The van der Waals surface area contributed by atoms with Gasteiger partial charge < -0.3 is 24.6 Å². The van der Waals surface area contributed by atoms with E-state index < -0.39 is 11.9 Å². The van der Waals surface area contributed by atoms with Gasteiger partial charge in [0.1, 0.15) is 11.5 Å². The van der Waals surface area contributed by atoms with Crippen molar-refractivity contribution in [3.8, 4) is 22.9 Å². The van der Waals surface area contributed by atoms with Crippen LogP contribution in [0.5, 0.6) is 11.5 Å². The molecule has 1 amide bonds. The summed E-state index contributed by atoms with van der Waals surface area (Å²) < 4.78 is 16.1. The number of hydrogen-bond acceptors (Lipinski definition) is 10. The van der Waals surface area contributed by atoms with E-state index in [1.165, 1.54) is 51.5 Å². The van der Waals surface area contributed by atoms with Crippen LogP contribution in [0.4, 0.5) is 0 Å². The second kappa shape index (κ2) is 21.5. The highest BCUT2D eigenvalue weighted by atomic mass is 35.5. The van der Waals surface area contributed by atoms with Crippen LogP contribution in [0, 0.1) is 11.8 Å². The monoisotopic (exact) mass is 931 g/mol. The number of hydrogen-bond donors (Lipinski definition) is 2. The van der Waals surface area contributed by atoms with Crippen LogP contribution in [0.2, 0.25) is 0 Å². The van der Waals surface area contributed by atoms with E-state index in [0.717, 1.165) is 91.6 Å². The van der Waals surface area contributed by atoms with E-state index >= 15 is 0 Å². The number of carbonyl (C=O) groups excluding carboxylic acids is 2. The molecule has 3 aliphatic carbocycles. The molecule has 16 heteroatoms. The maximum atomic E-state index is 11.9. The topological polar surface area (TPSA) is 192 Å². The molecule has 0 unspecified atom stereocenters. The van der Waals surface area contributed by atoms with Gasteiger partial charge in [-0.3, -0.25) is 9.59 Å². The van der Waals surface area contributed by atoms with Gasteiger partial charge in [0.05, 0.1) is 46.7 Å². The predicted molar refractivity (Wildman–Crippen MR) is 254 cm³/mol. The lowest BCUT2D eigenvalue weighted by Crippen LogP contribution is -2.38. The van der Waals surface area contributed by atoms with Crippen LogP contribution in [0.1, 0.15) is 142 Å². The number of carboxylic acid groups (broad SMARTS) is 2. The van der Waals surface area contributed by atoms with Gasteiger partial charge in [-0.2, -0.15) is 10.2 Å². The summed E-state index contributed by atoms with van der Waals surface area (Å²) in [5.74, 6) is 0.674. The lowest BCUT2D eigenvalue weighted by atomic mass is 9.82. The summed E-state index contributed by atoms with van der Waals surface area (Å²) in [5.41, 5.74) is 4.67. The number of carboxylic acids is 2. The van der Waals surface area contributed by atoms with Gasteiger partial charge in [-0.1, -0.05) is 68.5 Å². The van der Waals surface area contributed by atoms with E-state index in [-0.39, 0.29) is 22.5 Å². The molecule has 0 spiro atoms. The molecule has 0 bridgehead atoms. The van der Waals surface area contributed by atoms with E-state index in [0.29, 0.717) is 59.7 Å². The second-order valence-corrected chi connectivity index (χ2v) is 18.6. The molecule has 5 heterocycles. The molecule has 0 atom stereocenters. The average Bonchev–Trinajstić information content (AvgIpc) is 3.86. The molecule has 4 aliphatic rings. The lowest BCUT2D eigenvalue weighted by Gasteiger charge is -2.31. The number of ether oxygens (including phenoxy) is 2. The molecule has 10 rings (SSSR count). The number of benzene rings is 2. The Balaban J connectivity index is 0.000000169. The highest BCUT2D eigenvalue weighted by Crippen LogP contribution is 2.44. The van der Waals surface area contributed by atoms with Crippen LogP contribution >= 0.6 is 11.6 Å². The number of aromatic carboxylic acids is 2. The van der Waals surface area contributed by atoms with Gasteiger partial charge in [-0.25, -0.2) is 28.9 Å². The Morgan fingerprint density at radius 1 is 0.597 bits per heavy atom. The molecule has 15 nitrogen and oxygen atoms in total. The zero-order valence-corrected chi connectivity index (χ0v) is 38.9. The molecule has 3 saturated carbocycles. The largest absolute Gasteiger partial charge is 0.492 e. The number of pyridine rings is 2. The zero-order chi connectivity index (χ0) is 47.0. The summed E-state index contributed by atoms with van der Waals surface area (Å²) in [6.07, 6.45) is 14.6. The Morgan fingerprint density at radius 3 is 1.36 bits per heavy atom. The summed E-state index contributed by atoms with van der Waals surface area (Å²) in [4.78, 5) is 55.3. The van der Waals surface area contributed by atoms with E-state index in [9.17, 15) is 29.4 Å². The van der Waals surface area contributed by atoms with Crippen molar-refractivity contribution in [2.24, 2.45) is 11.8 Å². The summed E-state index contributed by atoms with van der Waals surface area (Å²) >= 11 is 4.64. The number of piperidine rings is 1. The first-order chi connectivity index (χ1) is 32.4. The first-order valence-corrected chi connectivity index (χ1v) is 23.9. The van der Waals surface area contributed by atoms with Crippen LogP contribution in [0.3, 0.4) is 0 Å². The van der Waals surface area contributed by atoms with Gasteiger partial charge in [0.25, 0.3) is 0 Å². The molecule has 4 aromatic heterocycles. The predicted octanol–water partition coefficient (Wildman–Crippen LogP) is 10.1. The quantitative estimate of drug-likeness (QED) is 0.111. The third-order valence-electron chi connectivity index (χ3n) is 13.4. The molecule has 6 aromatic rings. The SMILES string of the molecule is CC(=O)Cl.CC(=O)N1CCC(COc2cc(C(=O)O)nc3c2c(C2CCC2)nn3-c2ccccc2)CC1.O=C(O)c1cc(OCC2CCCCC2)c2c(C3CCC3)nn(-c3ccccc3)c2n1. The highest BCUT2D eigenvalue weighted by Gasteiger charge is 2.32. The molecule has 4 fully saturated rings. The van der Waals surface area contributed by atoms with E-state index in [1.807, 2.05) is 65.6 Å². The van der Waals surface area contributed by atoms with Crippen LogP contribution in [0.15, 0.2) is 72.8 Å². The number of halogens is 1. The molecule has 2 N–H and O–H groups in total. The molecule has 1 saturated heterocycles. The number of fused-ring (bicyclic) bond motifs is 2. The number of likely N-dealkylation sites (tertiary alicyclic amines) is 1. The van der Waals surface area contributed by atoms with Crippen LogP contribution < -0.4 is 9.47 Å². The van der Waals surface area contributed by atoms with Crippen molar-refractivity contribution in [3.63, 3.8) is 0 Å². The summed E-state index contributed by atoms with van der Waals surface area (Å²) in [7, 11) is 0. The third kappa shape index (κ3) is 11.1. The van der Waals surface area contributed by atoms with Crippen LogP contribution in [-0.2, 0) is 9.59 Å². The van der Waals surface area contributed by atoms with Gasteiger partial charge in [-0.15, -0.1) is 0 Å². The standard InChI is InChI=1S/C25H28N4O4.C24H27N3O3.C2H3ClO/c1-16(30)28-12-10-17(11-13-28)15-33-21-14-20(25(31)32)26-24-22(21)23(18-6-5-7-18)27-29(24)19-8-3-2-4-9-19;28-24(29)19-14-20(30-15-16-8-3-1-4-9-16)21-22(17-10-7-11-17)26-27(23(21)25-19)18-12-5-2-6-13-18;1-2(3)4/h2-4,8-9,14,17-18H,5-7,10-13,15H2,1H3,(H,31,32);2,5-6,12-14,16-17H,1,3-4,7-11,15H2,(H,28,29);1H3. The minimum absolute atomic E-state index is 0.00150. The number of para-hydroxylation sites is 2. The van der Waals surface area contributed by atoms with Crippen LogP contribution in [0.25, 0.3) is 33.4 Å². The second-order valence-electron chi connectivity index (χ2n) is 18.1. The molecule has 352 valence electrons. The summed E-state index contributed by atoms with van der Waals surface area (Å²) in [5, 5.41) is 30.5. The molecular weight excluding hydrogens is 874 g/mol. The van der Waals surface area contributed by atoms with Crippen molar-refractivity contribution >= 4 is 56.8 Å². The minimum atomic E-state index is -1.09. The fourth-order valence-electron chi connectivity index (χ4n) is 9.28. The smallest absolute Gasteiger partial charge is 0.354 e. The number of carbonyl (C=O) groups is 4. The lowest BCUT2D eigenvalue weighted by molar-refractivity contribution is -0.130. The number of amides is 1. The normalized spacial score (nSPS) is 16.8. The number of nitrogens with zero attached hydrogens (tertiary/aromatic N) is 7. The molecular formula is C51H58ClN7O8. The first kappa shape index (κ1) is 47.2. The average molecular weight is 933 g/mol. The molecule has 1 aliphatic heterocycles. The van der Waals surface area contributed by atoms with Gasteiger partial charge in [-0.05, 0) is 99.1 Å². The molecule has 2 aromatic carbocycles. The number of rotatable bonds is 12. The maximum absolute atomic E-state index is 11.9.